The maximum atomic E-state index is 2.50. The van der Waals surface area contributed by atoms with Crippen LogP contribution in [0.15, 0.2) is 164 Å². The first-order valence-corrected chi connectivity index (χ1v) is 15.7. The second-order valence-electron chi connectivity index (χ2n) is 12.1. The van der Waals surface area contributed by atoms with E-state index in [1.807, 2.05) is 0 Å². The molecule has 0 spiro atoms. The zero-order valence-electron chi connectivity index (χ0n) is 26.2. The lowest BCUT2D eigenvalue weighted by Gasteiger charge is -2.51. The summed E-state index contributed by atoms with van der Waals surface area (Å²) in [5.41, 5.74) is 11.3. The SMILES string of the molecule is CN1B(c2ccc(-c3ccccc3)cc2)N(C)B(c2ccc(-c3ccccc3)cc2)N(C)B1c1ccc(-c2ccccc2)cc1. The minimum atomic E-state index is 0.0728. The van der Waals surface area contributed by atoms with Crippen LogP contribution in [0.5, 0.6) is 0 Å². The van der Waals surface area contributed by atoms with Gasteiger partial charge in [0.05, 0.1) is 0 Å². The van der Waals surface area contributed by atoms with Crippen molar-refractivity contribution in [1.29, 1.82) is 0 Å². The van der Waals surface area contributed by atoms with Gasteiger partial charge in [-0.05, 0) is 70.9 Å². The van der Waals surface area contributed by atoms with Gasteiger partial charge >= 0.3 is 20.9 Å². The Labute approximate surface area is 269 Å². The zero-order chi connectivity index (χ0) is 30.8. The van der Waals surface area contributed by atoms with Crippen molar-refractivity contribution in [2.45, 2.75) is 0 Å². The number of hydrogen-bond donors (Lipinski definition) is 0. The van der Waals surface area contributed by atoms with Crippen LogP contribution in [-0.2, 0) is 0 Å². The van der Waals surface area contributed by atoms with Crippen LogP contribution in [0.2, 0.25) is 0 Å². The quantitative estimate of drug-likeness (QED) is 0.225. The van der Waals surface area contributed by atoms with Crippen LogP contribution in [-0.4, -0.2) is 56.3 Å². The van der Waals surface area contributed by atoms with Crippen molar-refractivity contribution in [3.8, 4) is 33.4 Å². The molecule has 216 valence electrons. The fourth-order valence-corrected chi connectivity index (χ4v) is 7.11. The molecule has 0 saturated carbocycles. The van der Waals surface area contributed by atoms with Gasteiger partial charge < -0.3 is 14.2 Å². The van der Waals surface area contributed by atoms with Gasteiger partial charge in [-0.25, -0.2) is 0 Å². The van der Waals surface area contributed by atoms with E-state index in [2.05, 4.69) is 199 Å². The Morgan fingerprint density at radius 3 is 0.689 bits per heavy atom. The zero-order valence-corrected chi connectivity index (χ0v) is 26.2. The fraction of sp³-hybridized carbons (Fsp3) is 0.0769. The van der Waals surface area contributed by atoms with Crippen LogP contribution < -0.4 is 16.4 Å². The van der Waals surface area contributed by atoms with Gasteiger partial charge in [-0.3, -0.25) is 0 Å². The molecule has 1 saturated heterocycles. The maximum Gasteiger partial charge on any atom is 0.325 e. The molecule has 1 fully saturated rings. The van der Waals surface area contributed by atoms with E-state index in [1.54, 1.807) is 0 Å². The van der Waals surface area contributed by atoms with Crippen LogP contribution in [0.3, 0.4) is 0 Å². The van der Waals surface area contributed by atoms with Crippen LogP contribution in [0.4, 0.5) is 0 Å². The highest BCUT2D eigenvalue weighted by molar-refractivity contribution is 6.97. The van der Waals surface area contributed by atoms with E-state index < -0.39 is 0 Å². The molecule has 6 aromatic rings. The molecule has 0 aromatic heterocycles. The van der Waals surface area contributed by atoms with Crippen LogP contribution >= 0.6 is 0 Å². The molecule has 6 aromatic carbocycles. The second kappa shape index (κ2) is 12.8. The van der Waals surface area contributed by atoms with Crippen molar-refractivity contribution in [2.75, 3.05) is 21.1 Å². The molecule has 0 aliphatic carbocycles. The van der Waals surface area contributed by atoms with Gasteiger partial charge in [0.25, 0.3) is 0 Å². The third kappa shape index (κ3) is 5.81. The van der Waals surface area contributed by atoms with E-state index in [0.29, 0.717) is 0 Å². The van der Waals surface area contributed by atoms with Crippen LogP contribution in [0.1, 0.15) is 0 Å². The molecule has 1 heterocycles. The number of nitrogens with zero attached hydrogens (tertiary/aromatic N) is 3. The molecule has 0 radical (unpaired) electrons. The minimum absolute atomic E-state index is 0.0728. The lowest BCUT2D eigenvalue weighted by molar-refractivity contribution is 0.560. The summed E-state index contributed by atoms with van der Waals surface area (Å²) >= 11 is 0. The van der Waals surface area contributed by atoms with Gasteiger partial charge in [0.2, 0.25) is 0 Å². The first-order chi connectivity index (χ1) is 22.1. The van der Waals surface area contributed by atoms with Crippen molar-refractivity contribution in [2.24, 2.45) is 0 Å². The predicted octanol–water partition coefficient (Wildman–Crippen LogP) is 5.98. The first kappa shape index (κ1) is 29.1. The van der Waals surface area contributed by atoms with Crippen molar-refractivity contribution in [3.63, 3.8) is 0 Å². The Kier molecular flexibility index (Phi) is 8.28. The van der Waals surface area contributed by atoms with E-state index in [0.717, 1.165) is 0 Å². The summed E-state index contributed by atoms with van der Waals surface area (Å²) in [5, 5.41) is 0. The lowest BCUT2D eigenvalue weighted by atomic mass is 9.38. The predicted molar refractivity (Wildman–Crippen MR) is 195 cm³/mol. The third-order valence-corrected chi connectivity index (χ3v) is 9.26. The Balaban J connectivity index is 1.27. The van der Waals surface area contributed by atoms with Gasteiger partial charge in [-0.15, -0.1) is 0 Å². The molecular weight excluding hydrogens is 543 g/mol. The lowest BCUT2D eigenvalue weighted by Crippen LogP contribution is -2.82. The molecule has 0 atom stereocenters. The average Bonchev–Trinajstić information content (AvgIpc) is 3.10. The van der Waals surface area contributed by atoms with Crippen LogP contribution in [0, 0.1) is 0 Å². The molecule has 0 N–H and O–H groups in total. The summed E-state index contributed by atoms with van der Waals surface area (Å²) in [5.74, 6) is 0. The van der Waals surface area contributed by atoms with Gasteiger partial charge in [0.1, 0.15) is 0 Å². The topological polar surface area (TPSA) is 9.72 Å². The van der Waals surface area contributed by atoms with E-state index in [4.69, 9.17) is 0 Å². The molecule has 45 heavy (non-hydrogen) atoms. The number of rotatable bonds is 6. The highest BCUT2D eigenvalue weighted by Crippen LogP contribution is 2.23. The highest BCUT2D eigenvalue weighted by atomic mass is 15.3. The van der Waals surface area contributed by atoms with Gasteiger partial charge in [0.15, 0.2) is 0 Å². The molecule has 0 unspecified atom stereocenters. The summed E-state index contributed by atoms with van der Waals surface area (Å²) in [6.07, 6.45) is 0. The molecular formula is C39H36B3N3. The van der Waals surface area contributed by atoms with E-state index in [9.17, 15) is 0 Å². The molecule has 1 aliphatic rings. The Morgan fingerprint density at radius 1 is 0.267 bits per heavy atom. The van der Waals surface area contributed by atoms with Crippen molar-refractivity contribution < 1.29 is 0 Å². The van der Waals surface area contributed by atoms with E-state index in [-0.39, 0.29) is 20.9 Å². The molecule has 7 rings (SSSR count). The minimum Gasteiger partial charge on any atom is -0.351 e. The number of hydrogen-bond acceptors (Lipinski definition) is 3. The van der Waals surface area contributed by atoms with Gasteiger partial charge in [-0.2, -0.15) is 0 Å². The molecule has 1 aliphatic heterocycles. The first-order valence-electron chi connectivity index (χ1n) is 15.7. The third-order valence-electron chi connectivity index (χ3n) is 9.26. The Bertz CT molecular complexity index is 1600. The number of benzene rings is 6. The smallest absolute Gasteiger partial charge is 0.325 e. The summed E-state index contributed by atoms with van der Waals surface area (Å²) in [6, 6.07) is 59.2. The standard InChI is InChI=1S/C39H36B3N3/c1-43-40(37-25-19-34(20-26-37)31-13-7-4-8-14-31)44(2)42(39-29-23-36(24-30-39)33-17-11-6-12-18-33)45(3)41(43)38-27-21-35(22-28-38)32-15-9-5-10-16-32/h4-30H,1-3H3. The summed E-state index contributed by atoms with van der Waals surface area (Å²) < 4.78 is 7.51. The summed E-state index contributed by atoms with van der Waals surface area (Å²) in [4.78, 5) is 0. The molecule has 3 nitrogen and oxygen atoms in total. The fourth-order valence-electron chi connectivity index (χ4n) is 7.11. The largest absolute Gasteiger partial charge is 0.351 e. The van der Waals surface area contributed by atoms with Gasteiger partial charge in [0, 0.05) is 0 Å². The molecule has 0 bridgehead atoms. The van der Waals surface area contributed by atoms with Crippen molar-refractivity contribution in [1.82, 2.24) is 14.2 Å². The van der Waals surface area contributed by atoms with E-state index >= 15 is 0 Å². The van der Waals surface area contributed by atoms with Crippen LogP contribution in [0.25, 0.3) is 33.4 Å². The monoisotopic (exact) mass is 579 g/mol. The Hall–Kier alpha value is -4.61. The average molecular weight is 579 g/mol. The molecule has 6 heteroatoms. The summed E-state index contributed by atoms with van der Waals surface area (Å²) in [7, 11) is 6.77. The summed E-state index contributed by atoms with van der Waals surface area (Å²) in [6.45, 7) is 0.218. The van der Waals surface area contributed by atoms with Crippen molar-refractivity contribution in [3.05, 3.63) is 164 Å². The second-order valence-corrected chi connectivity index (χ2v) is 12.1. The maximum absolute atomic E-state index is 2.50. The van der Waals surface area contributed by atoms with Crippen molar-refractivity contribution >= 4 is 37.3 Å². The van der Waals surface area contributed by atoms with Gasteiger partial charge in [-0.1, -0.05) is 164 Å². The Morgan fingerprint density at radius 2 is 0.467 bits per heavy atom. The highest BCUT2D eigenvalue weighted by Gasteiger charge is 2.50. The molecule has 0 amide bonds. The van der Waals surface area contributed by atoms with E-state index in [1.165, 1.54) is 49.8 Å². The normalized spacial score (nSPS) is 14.6.